The number of benzene rings is 4. The third-order valence-electron chi connectivity index (χ3n) is 14.1. The van der Waals surface area contributed by atoms with E-state index >= 15 is 0 Å². The number of hydrogen-bond acceptors (Lipinski definition) is 12. The van der Waals surface area contributed by atoms with Gasteiger partial charge in [-0.15, -0.1) is 0 Å². The molecule has 12 N–H and O–H groups in total. The van der Waals surface area contributed by atoms with Gasteiger partial charge in [-0.1, -0.05) is 77.4 Å². The summed E-state index contributed by atoms with van der Waals surface area (Å²) in [5, 5.41) is 95.7. The maximum atomic E-state index is 9.90. The lowest BCUT2D eigenvalue weighted by Gasteiger charge is -2.35. The van der Waals surface area contributed by atoms with Gasteiger partial charge in [0, 0.05) is 41.4 Å². The van der Waals surface area contributed by atoms with Gasteiger partial charge in [0.25, 0.3) is 0 Å². The Bertz CT molecular complexity index is 2300. The Kier molecular flexibility index (Phi) is 17.6. The Morgan fingerprint density at radius 1 is 0.485 bits per heavy atom. The van der Waals surface area contributed by atoms with Gasteiger partial charge in [-0.05, 0) is 159 Å². The number of nitrogens with one attached hydrogen (secondary N) is 3. The molecule has 0 bridgehead atoms. The molecule has 0 saturated heterocycles. The third kappa shape index (κ3) is 12.4. The first kappa shape index (κ1) is 49.1. The third-order valence-corrected chi connectivity index (χ3v) is 14.1. The van der Waals surface area contributed by atoms with Gasteiger partial charge in [0.15, 0.2) is 0 Å². The van der Waals surface area contributed by atoms with E-state index < -0.39 is 0 Å². The first-order valence-corrected chi connectivity index (χ1v) is 23.6. The van der Waals surface area contributed by atoms with Crippen LogP contribution < -0.4 is 16.0 Å². The molecule has 354 valence electrons. The summed E-state index contributed by atoms with van der Waals surface area (Å²) in [6.07, 6.45) is 12.7. The van der Waals surface area contributed by atoms with Crippen LogP contribution in [0.3, 0.4) is 0 Å². The topological polar surface area (TPSA) is 218 Å². The van der Waals surface area contributed by atoms with Crippen molar-refractivity contribution in [1.29, 1.82) is 0 Å². The van der Waals surface area contributed by atoms with Crippen LogP contribution in [0.15, 0.2) is 107 Å². The maximum Gasteiger partial charge on any atom is 0.121 e. The predicted molar refractivity (Wildman–Crippen MR) is 256 cm³/mol. The van der Waals surface area contributed by atoms with E-state index in [0.29, 0.717) is 41.3 Å². The number of aromatic hydroxyl groups is 3. The zero-order valence-electron chi connectivity index (χ0n) is 38.0. The molecule has 0 fully saturated rings. The first-order valence-electron chi connectivity index (χ1n) is 23.6. The number of aliphatic hydroxyl groups excluding tert-OH is 6. The van der Waals surface area contributed by atoms with E-state index in [1.807, 2.05) is 24.3 Å². The van der Waals surface area contributed by atoms with E-state index in [2.05, 4.69) is 34.2 Å². The Morgan fingerprint density at radius 2 is 1.00 bits per heavy atom. The summed E-state index contributed by atoms with van der Waals surface area (Å²) in [6.45, 7) is 2.96. The second-order valence-corrected chi connectivity index (χ2v) is 18.4. The number of hydrogen-bond donors (Lipinski definition) is 12. The normalized spacial score (nSPS) is 21.3. The molecule has 5 aliphatic rings. The molecule has 4 atom stereocenters. The van der Waals surface area contributed by atoms with Crippen molar-refractivity contribution in [3.05, 3.63) is 157 Å². The van der Waals surface area contributed by atoms with Gasteiger partial charge in [0.1, 0.15) is 17.2 Å². The lowest BCUT2D eigenvalue weighted by molar-refractivity contribution is 0.208. The highest BCUT2D eigenvalue weighted by molar-refractivity contribution is 5.42. The molecule has 9 rings (SSSR count). The number of allylic oxidation sites excluding steroid dienone is 1. The maximum absolute atomic E-state index is 9.90. The van der Waals surface area contributed by atoms with Gasteiger partial charge in [0.2, 0.25) is 0 Å². The van der Waals surface area contributed by atoms with Crippen LogP contribution in [0.1, 0.15) is 101 Å². The van der Waals surface area contributed by atoms with E-state index in [-0.39, 0.29) is 56.3 Å². The molecule has 3 aliphatic heterocycles. The smallest absolute Gasteiger partial charge is 0.121 e. The zero-order valence-corrected chi connectivity index (χ0v) is 38.0. The summed E-state index contributed by atoms with van der Waals surface area (Å²) in [6, 6.07) is 23.5. The van der Waals surface area contributed by atoms with Crippen LogP contribution in [0, 0.1) is 5.92 Å². The number of fused-ring (bicyclic) bond motifs is 1. The molecule has 12 heteroatoms. The van der Waals surface area contributed by atoms with Crippen LogP contribution >= 0.6 is 0 Å². The zero-order chi connectivity index (χ0) is 46.6. The highest BCUT2D eigenvalue weighted by Crippen LogP contribution is 2.37. The standard InChI is InChI=1S/C18H25NO3.C18H23NO3.C18H21NO3/c3*20-10-13-2-4-16-14(7-13)5-6-19-17(16)8-12-1-3-15(11-21)18(22)9-12/h1,3,9,13,17,19-22H,2,4-8,10-11H2;1-3,9,17,19-22H,4-8,10-11H2;1-4,7,9,17,19-22H,5-6,8,10-11H2. The average molecular weight is 904 g/mol. The molecular weight excluding hydrogens is 835 g/mol. The van der Waals surface area contributed by atoms with E-state index in [9.17, 15) is 30.6 Å². The van der Waals surface area contributed by atoms with Gasteiger partial charge in [-0.3, -0.25) is 0 Å². The summed E-state index contributed by atoms with van der Waals surface area (Å²) in [5.74, 6) is 0.919. The predicted octanol–water partition coefficient (Wildman–Crippen LogP) is 5.48. The van der Waals surface area contributed by atoms with E-state index in [4.69, 9.17) is 15.3 Å². The second-order valence-electron chi connectivity index (χ2n) is 18.4. The average Bonchev–Trinajstić information content (AvgIpc) is 3.34. The highest BCUT2D eigenvalue weighted by atomic mass is 16.3. The Labute approximate surface area is 388 Å². The minimum absolute atomic E-state index is 0.0713. The van der Waals surface area contributed by atoms with Crippen molar-refractivity contribution in [3.8, 4) is 17.2 Å². The minimum atomic E-state index is -0.152. The Balaban J connectivity index is 0.000000147. The molecule has 4 aromatic carbocycles. The lowest BCUT2D eigenvalue weighted by atomic mass is 9.77. The second kappa shape index (κ2) is 23.7. The molecule has 0 spiro atoms. The first-order chi connectivity index (χ1) is 32.1. The van der Waals surface area contributed by atoms with E-state index in [0.717, 1.165) is 118 Å². The van der Waals surface area contributed by atoms with Crippen LogP contribution in [-0.4, -0.2) is 90.9 Å². The highest BCUT2D eigenvalue weighted by Gasteiger charge is 2.29. The van der Waals surface area contributed by atoms with Crippen molar-refractivity contribution in [1.82, 2.24) is 16.0 Å². The van der Waals surface area contributed by atoms with Crippen LogP contribution in [0.4, 0.5) is 0 Å². The van der Waals surface area contributed by atoms with Gasteiger partial charge < -0.3 is 61.9 Å². The summed E-state index contributed by atoms with van der Waals surface area (Å²) < 4.78 is 0. The van der Waals surface area contributed by atoms with Gasteiger partial charge in [0.05, 0.1) is 33.0 Å². The van der Waals surface area contributed by atoms with Crippen LogP contribution in [0.2, 0.25) is 0 Å². The summed E-state index contributed by atoms with van der Waals surface area (Å²) in [7, 11) is 0. The molecule has 3 heterocycles. The minimum Gasteiger partial charge on any atom is -0.508 e. The fourth-order valence-corrected chi connectivity index (χ4v) is 10.3. The molecule has 0 saturated carbocycles. The molecular formula is C54H69N3O9. The largest absolute Gasteiger partial charge is 0.508 e. The molecule has 12 nitrogen and oxygen atoms in total. The Hall–Kier alpha value is -4.86. The summed E-state index contributed by atoms with van der Waals surface area (Å²) in [4.78, 5) is 0. The van der Waals surface area contributed by atoms with Crippen LogP contribution in [0.5, 0.6) is 17.2 Å². The van der Waals surface area contributed by atoms with Crippen molar-refractivity contribution >= 4 is 0 Å². The fourth-order valence-electron chi connectivity index (χ4n) is 10.3. The summed E-state index contributed by atoms with van der Waals surface area (Å²) in [5.41, 5.74) is 15.4. The van der Waals surface area contributed by atoms with E-state index in [1.54, 1.807) is 36.4 Å². The van der Waals surface area contributed by atoms with E-state index in [1.165, 1.54) is 33.4 Å². The number of rotatable bonds is 12. The van der Waals surface area contributed by atoms with Crippen LogP contribution in [-0.2, 0) is 52.1 Å². The molecule has 4 aromatic rings. The monoisotopic (exact) mass is 904 g/mol. The van der Waals surface area contributed by atoms with Crippen LogP contribution in [0.25, 0.3) is 0 Å². The quantitative estimate of drug-likeness (QED) is 0.0796. The van der Waals surface area contributed by atoms with Crippen molar-refractivity contribution in [2.75, 3.05) is 32.8 Å². The summed E-state index contributed by atoms with van der Waals surface area (Å²) >= 11 is 0. The van der Waals surface area contributed by atoms with Crippen molar-refractivity contribution in [2.24, 2.45) is 5.92 Å². The van der Waals surface area contributed by atoms with Crippen molar-refractivity contribution < 1.29 is 46.0 Å². The molecule has 0 amide bonds. The fraction of sp³-hybridized carbons (Fsp3) is 0.444. The molecule has 4 unspecified atom stereocenters. The molecule has 0 radical (unpaired) electrons. The van der Waals surface area contributed by atoms with Gasteiger partial charge >= 0.3 is 0 Å². The van der Waals surface area contributed by atoms with Gasteiger partial charge in [-0.2, -0.15) is 0 Å². The molecule has 66 heavy (non-hydrogen) atoms. The number of phenols is 3. The SMILES string of the molecule is OCC1=CCC2=C(CCNC2Cc2ccc(CO)c(O)c2)C1.OCc1ccc(CC2NCCC3=C2CCC(CO)C3)cc1O.OCc1ccc2c(c1)CCNC2Cc1ccc(CO)c(O)c1. The van der Waals surface area contributed by atoms with Gasteiger partial charge in [-0.25, -0.2) is 0 Å². The van der Waals surface area contributed by atoms with Crippen molar-refractivity contribution in [2.45, 2.75) is 115 Å². The van der Waals surface area contributed by atoms with Crippen molar-refractivity contribution in [3.63, 3.8) is 0 Å². The molecule has 2 aliphatic carbocycles. The molecule has 0 aromatic heterocycles. The Morgan fingerprint density at radius 3 is 1.53 bits per heavy atom. The lowest BCUT2D eigenvalue weighted by Crippen LogP contribution is -2.40. The number of aliphatic hydroxyl groups is 6.